The second kappa shape index (κ2) is 12.2. The maximum absolute atomic E-state index is 12.3. The summed E-state index contributed by atoms with van der Waals surface area (Å²) in [5.41, 5.74) is 8.11. The van der Waals surface area contributed by atoms with Crippen molar-refractivity contribution in [1.29, 1.82) is 0 Å². The smallest absolute Gasteiger partial charge is 0.317 e. The van der Waals surface area contributed by atoms with E-state index in [1.54, 1.807) is 25.2 Å². The van der Waals surface area contributed by atoms with Crippen LogP contribution in [0, 0.1) is 0 Å². The molecule has 1 aliphatic carbocycles. The van der Waals surface area contributed by atoms with Gasteiger partial charge in [0.25, 0.3) is 5.91 Å². The monoisotopic (exact) mass is 562 g/mol. The first-order valence-corrected chi connectivity index (χ1v) is 15.2. The van der Waals surface area contributed by atoms with Crippen LogP contribution in [-0.4, -0.2) is 83.6 Å². The van der Waals surface area contributed by atoms with Gasteiger partial charge in [0.15, 0.2) is 11.5 Å². The number of nitrogens with one attached hydrogen (secondary N) is 2. The van der Waals surface area contributed by atoms with Crippen LogP contribution in [0.25, 0.3) is 0 Å². The lowest BCUT2D eigenvalue weighted by Gasteiger charge is -2.42. The number of rotatable bonds is 7. The van der Waals surface area contributed by atoms with Crippen LogP contribution in [0.1, 0.15) is 81.3 Å². The van der Waals surface area contributed by atoms with Gasteiger partial charge < -0.3 is 31.1 Å². The highest BCUT2D eigenvalue weighted by atomic mass is 16.2. The summed E-state index contributed by atoms with van der Waals surface area (Å²) >= 11 is 0. The average Bonchev–Trinajstić information content (AvgIpc) is 3.50. The summed E-state index contributed by atoms with van der Waals surface area (Å²) in [7, 11) is 3.47. The molecule has 3 aliphatic rings. The zero-order valence-corrected chi connectivity index (χ0v) is 25.0. The molecule has 1 aromatic carbocycles. The molecular weight excluding hydrogens is 516 g/mol. The number of aromatic nitrogens is 2. The van der Waals surface area contributed by atoms with Gasteiger partial charge in [-0.15, -0.1) is 0 Å². The van der Waals surface area contributed by atoms with E-state index in [1.807, 2.05) is 0 Å². The molecule has 0 radical (unpaired) electrons. The largest absolute Gasteiger partial charge is 0.364 e. The molecule has 3 heterocycles. The number of benzene rings is 1. The van der Waals surface area contributed by atoms with Crippen molar-refractivity contribution in [3.63, 3.8) is 0 Å². The minimum absolute atomic E-state index is 0.00865. The van der Waals surface area contributed by atoms with Crippen LogP contribution in [0.5, 0.6) is 0 Å². The van der Waals surface area contributed by atoms with E-state index >= 15 is 0 Å². The van der Waals surface area contributed by atoms with Crippen molar-refractivity contribution in [2.45, 2.75) is 88.8 Å². The summed E-state index contributed by atoms with van der Waals surface area (Å²) in [6, 6.07) is 9.16. The molecule has 2 aromatic rings. The summed E-state index contributed by atoms with van der Waals surface area (Å²) in [6.07, 6.45) is 11.2. The maximum Gasteiger partial charge on any atom is 0.317 e. The number of likely N-dealkylation sites (tertiary alicyclic amines) is 1. The average molecular weight is 563 g/mol. The highest BCUT2D eigenvalue weighted by molar-refractivity contribution is 5.96. The normalized spacial score (nSPS) is 23.3. The van der Waals surface area contributed by atoms with Crippen LogP contribution in [0.2, 0.25) is 0 Å². The number of hydrogen-bond acceptors (Lipinski definition) is 7. The van der Waals surface area contributed by atoms with Crippen LogP contribution < -0.4 is 21.3 Å². The van der Waals surface area contributed by atoms with Crippen molar-refractivity contribution in [3.05, 3.63) is 41.7 Å². The van der Waals surface area contributed by atoms with Gasteiger partial charge in [-0.3, -0.25) is 4.79 Å². The Balaban J connectivity index is 1.29. The van der Waals surface area contributed by atoms with E-state index in [-0.39, 0.29) is 29.2 Å². The summed E-state index contributed by atoms with van der Waals surface area (Å²) < 4.78 is 0. The third kappa shape index (κ3) is 6.42. The van der Waals surface area contributed by atoms with Crippen LogP contribution in [0.3, 0.4) is 0 Å². The molecule has 0 spiro atoms. The number of amides is 3. The van der Waals surface area contributed by atoms with Gasteiger partial charge in [0.05, 0.1) is 12.2 Å². The molecule has 2 atom stereocenters. The zero-order valence-electron chi connectivity index (χ0n) is 25.0. The van der Waals surface area contributed by atoms with Gasteiger partial charge >= 0.3 is 6.03 Å². The number of piperidine rings is 2. The van der Waals surface area contributed by atoms with Gasteiger partial charge in [-0.1, -0.05) is 31.9 Å². The van der Waals surface area contributed by atoms with E-state index < -0.39 is 5.91 Å². The predicted octanol–water partition coefficient (Wildman–Crippen LogP) is 4.24. The number of nitrogens with two attached hydrogens (primary N) is 1. The lowest BCUT2D eigenvalue weighted by atomic mass is 9.74. The summed E-state index contributed by atoms with van der Waals surface area (Å²) in [4.78, 5) is 40.1. The van der Waals surface area contributed by atoms with Crippen LogP contribution in [-0.2, 0) is 5.41 Å². The third-order valence-corrected chi connectivity index (χ3v) is 9.58. The van der Waals surface area contributed by atoms with Gasteiger partial charge in [-0.2, -0.15) is 0 Å². The topological polar surface area (TPSA) is 120 Å². The molecule has 3 fully saturated rings. The second-order valence-corrected chi connectivity index (χ2v) is 12.6. The van der Waals surface area contributed by atoms with E-state index in [1.165, 1.54) is 57.2 Å². The quantitative estimate of drug-likeness (QED) is 0.462. The molecule has 41 heavy (non-hydrogen) atoms. The SMILES string of the molecule is CC1C(NC(=O)N(C)C)CCCN1c1cnc(C(N)=O)c(Nc2ccc(C3(C)CCN(C4CCCC4)CC3)cc2)n1. The van der Waals surface area contributed by atoms with E-state index in [2.05, 4.69) is 63.5 Å². The molecular formula is C31H46N8O2. The van der Waals surface area contributed by atoms with Gasteiger partial charge in [0.2, 0.25) is 0 Å². The molecule has 3 amide bonds. The molecule has 5 rings (SSSR count). The van der Waals surface area contributed by atoms with Gasteiger partial charge in [0, 0.05) is 38.4 Å². The molecule has 4 N–H and O–H groups in total. The second-order valence-electron chi connectivity index (χ2n) is 12.6. The van der Waals surface area contributed by atoms with E-state index in [4.69, 9.17) is 10.7 Å². The van der Waals surface area contributed by atoms with E-state index in [9.17, 15) is 9.59 Å². The molecule has 222 valence electrons. The number of nitrogens with zero attached hydrogens (tertiary/aromatic N) is 5. The Kier molecular flexibility index (Phi) is 8.68. The Morgan fingerprint density at radius 1 is 1.02 bits per heavy atom. The predicted molar refractivity (Wildman–Crippen MR) is 163 cm³/mol. The standard InChI is InChI=1S/C31H46N8O2/c1-21-25(35-30(41)37(3)4)10-7-17-39(21)26-20-33-27(28(32)40)29(36-26)34-23-13-11-22(12-14-23)31(2)15-18-38(19-16-31)24-8-5-6-9-24/h11-14,20-21,24-25H,5-10,15-19H2,1-4H3,(H2,32,40)(H,34,36)(H,35,41). The Morgan fingerprint density at radius 3 is 2.34 bits per heavy atom. The molecule has 10 heteroatoms. The fourth-order valence-corrected chi connectivity index (χ4v) is 6.77. The third-order valence-electron chi connectivity index (χ3n) is 9.58. The first-order chi connectivity index (χ1) is 19.6. The fraction of sp³-hybridized carbons (Fsp3) is 0.613. The molecule has 2 aliphatic heterocycles. The van der Waals surface area contributed by atoms with Crippen molar-refractivity contribution in [3.8, 4) is 0 Å². The van der Waals surface area contributed by atoms with Crippen molar-refractivity contribution < 1.29 is 9.59 Å². The number of urea groups is 1. The first-order valence-electron chi connectivity index (χ1n) is 15.2. The number of anilines is 3. The van der Waals surface area contributed by atoms with E-state index in [0.717, 1.165) is 31.1 Å². The maximum atomic E-state index is 12.3. The highest BCUT2D eigenvalue weighted by Crippen LogP contribution is 2.38. The lowest BCUT2D eigenvalue weighted by Crippen LogP contribution is -2.56. The van der Waals surface area contributed by atoms with Crippen LogP contribution >= 0.6 is 0 Å². The Hall–Kier alpha value is -3.40. The van der Waals surface area contributed by atoms with Crippen molar-refractivity contribution in [1.82, 2.24) is 25.1 Å². The minimum atomic E-state index is -0.632. The summed E-state index contributed by atoms with van der Waals surface area (Å²) in [5.74, 6) is 0.352. The Labute approximate surface area is 244 Å². The molecule has 2 saturated heterocycles. The van der Waals surface area contributed by atoms with Gasteiger partial charge in [-0.25, -0.2) is 14.8 Å². The lowest BCUT2D eigenvalue weighted by molar-refractivity contribution is 0.0996. The number of primary amides is 1. The van der Waals surface area contributed by atoms with E-state index in [0.29, 0.717) is 11.6 Å². The van der Waals surface area contributed by atoms with Crippen LogP contribution in [0.4, 0.5) is 22.1 Å². The molecule has 1 saturated carbocycles. The van der Waals surface area contributed by atoms with Crippen molar-refractivity contribution in [2.75, 3.05) is 43.9 Å². The molecule has 0 bridgehead atoms. The Morgan fingerprint density at radius 2 is 1.71 bits per heavy atom. The number of carbonyl (C=O) groups excluding carboxylic acids is 2. The van der Waals surface area contributed by atoms with Gasteiger partial charge in [0.1, 0.15) is 5.82 Å². The first kappa shape index (κ1) is 29.1. The van der Waals surface area contributed by atoms with Crippen molar-refractivity contribution in [2.24, 2.45) is 5.73 Å². The molecule has 1 aromatic heterocycles. The highest BCUT2D eigenvalue weighted by Gasteiger charge is 2.35. The zero-order chi connectivity index (χ0) is 29.1. The van der Waals surface area contributed by atoms with Gasteiger partial charge in [-0.05, 0) is 81.6 Å². The summed E-state index contributed by atoms with van der Waals surface area (Å²) in [6.45, 7) is 7.58. The van der Waals surface area contributed by atoms with Crippen molar-refractivity contribution >= 4 is 29.3 Å². The fourth-order valence-electron chi connectivity index (χ4n) is 6.77. The Bertz CT molecular complexity index is 1220. The minimum Gasteiger partial charge on any atom is -0.364 e. The number of hydrogen-bond donors (Lipinski definition) is 3. The molecule has 10 nitrogen and oxygen atoms in total. The van der Waals surface area contributed by atoms with Crippen LogP contribution in [0.15, 0.2) is 30.5 Å². The number of carbonyl (C=O) groups is 2. The molecule has 2 unspecified atom stereocenters. The summed E-state index contributed by atoms with van der Waals surface area (Å²) in [5, 5.41) is 6.42.